The molecule has 1 heterocycles. The molecule has 0 aromatic carbocycles. The van der Waals surface area contributed by atoms with Crippen LogP contribution in [0.3, 0.4) is 0 Å². The van der Waals surface area contributed by atoms with Gasteiger partial charge in [-0.15, -0.1) is 0 Å². The lowest BCUT2D eigenvalue weighted by Gasteiger charge is -2.30. The van der Waals surface area contributed by atoms with Gasteiger partial charge in [0.05, 0.1) is 0 Å². The monoisotopic (exact) mass is 280 g/mol. The van der Waals surface area contributed by atoms with Gasteiger partial charge in [0.15, 0.2) is 0 Å². The summed E-state index contributed by atoms with van der Waals surface area (Å²) < 4.78 is 0. The molecule has 1 saturated carbocycles. The lowest BCUT2D eigenvalue weighted by Crippen LogP contribution is -2.41. The number of hydrogen-bond donors (Lipinski definition) is 1. The van der Waals surface area contributed by atoms with E-state index in [4.69, 9.17) is 0 Å². The molecular formula is C18H36N2. The Morgan fingerprint density at radius 1 is 1.00 bits per heavy atom. The van der Waals surface area contributed by atoms with Gasteiger partial charge in [-0.25, -0.2) is 0 Å². The third-order valence-electron chi connectivity index (χ3n) is 5.58. The van der Waals surface area contributed by atoms with Crippen molar-refractivity contribution < 1.29 is 0 Å². The number of likely N-dealkylation sites (tertiary alicyclic amines) is 1. The third kappa shape index (κ3) is 5.37. The van der Waals surface area contributed by atoms with Crippen molar-refractivity contribution in [3.63, 3.8) is 0 Å². The molecular weight excluding hydrogens is 244 g/mol. The molecule has 2 heteroatoms. The minimum absolute atomic E-state index is 0.795. The maximum absolute atomic E-state index is 3.83. The van der Waals surface area contributed by atoms with E-state index in [1.54, 1.807) is 0 Å². The Morgan fingerprint density at radius 3 is 2.65 bits per heavy atom. The molecule has 1 aliphatic carbocycles. The summed E-state index contributed by atoms with van der Waals surface area (Å²) in [6.45, 7) is 9.90. The van der Waals surface area contributed by atoms with Crippen molar-refractivity contribution >= 4 is 0 Å². The molecule has 20 heavy (non-hydrogen) atoms. The van der Waals surface area contributed by atoms with Gasteiger partial charge in [-0.3, -0.25) is 0 Å². The van der Waals surface area contributed by atoms with E-state index in [1.165, 1.54) is 84.0 Å². The predicted molar refractivity (Wildman–Crippen MR) is 88.1 cm³/mol. The summed E-state index contributed by atoms with van der Waals surface area (Å²) in [7, 11) is 0. The Kier molecular flexibility index (Phi) is 7.37. The zero-order valence-corrected chi connectivity index (χ0v) is 13.9. The first-order chi connectivity index (χ1) is 9.79. The first-order valence-electron chi connectivity index (χ1n) is 9.25. The second-order valence-corrected chi connectivity index (χ2v) is 7.25. The first-order valence-corrected chi connectivity index (χ1v) is 9.25. The third-order valence-corrected chi connectivity index (χ3v) is 5.58. The lowest BCUT2D eigenvalue weighted by molar-refractivity contribution is 0.243. The molecule has 0 aromatic heterocycles. The van der Waals surface area contributed by atoms with Crippen molar-refractivity contribution in [2.45, 2.75) is 77.7 Å². The van der Waals surface area contributed by atoms with Gasteiger partial charge in [0.1, 0.15) is 0 Å². The summed E-state index contributed by atoms with van der Waals surface area (Å²) in [5, 5.41) is 3.83. The van der Waals surface area contributed by atoms with Gasteiger partial charge in [-0.05, 0) is 57.0 Å². The molecule has 3 atom stereocenters. The zero-order chi connectivity index (χ0) is 14.2. The number of hydrogen-bond acceptors (Lipinski definition) is 2. The summed E-state index contributed by atoms with van der Waals surface area (Å²) in [6.07, 6.45) is 12.9. The average molecular weight is 281 g/mol. The van der Waals surface area contributed by atoms with Crippen LogP contribution in [-0.2, 0) is 0 Å². The fraction of sp³-hybridized carbons (Fsp3) is 1.00. The summed E-state index contributed by atoms with van der Waals surface area (Å²) in [5.74, 6) is 1.90. The van der Waals surface area contributed by atoms with E-state index < -0.39 is 0 Å². The van der Waals surface area contributed by atoms with E-state index in [0.717, 1.165) is 17.9 Å². The van der Waals surface area contributed by atoms with Gasteiger partial charge in [-0.1, -0.05) is 39.5 Å². The van der Waals surface area contributed by atoms with Crippen LogP contribution >= 0.6 is 0 Å². The van der Waals surface area contributed by atoms with Crippen molar-refractivity contribution in [1.29, 1.82) is 0 Å². The molecule has 1 saturated heterocycles. The average Bonchev–Trinajstić information content (AvgIpc) is 2.67. The van der Waals surface area contributed by atoms with Gasteiger partial charge in [0, 0.05) is 19.1 Å². The smallest absolute Gasteiger partial charge is 0.0107 e. The molecule has 2 nitrogen and oxygen atoms in total. The van der Waals surface area contributed by atoms with E-state index in [9.17, 15) is 0 Å². The molecule has 0 radical (unpaired) electrons. The van der Waals surface area contributed by atoms with Crippen LogP contribution in [0.2, 0.25) is 0 Å². The Bertz CT molecular complexity index is 254. The van der Waals surface area contributed by atoms with Crippen molar-refractivity contribution in [2.24, 2.45) is 11.8 Å². The topological polar surface area (TPSA) is 15.3 Å². The van der Waals surface area contributed by atoms with Crippen LogP contribution in [0.15, 0.2) is 0 Å². The Balaban J connectivity index is 1.61. The van der Waals surface area contributed by atoms with Crippen molar-refractivity contribution in [2.75, 3.05) is 26.2 Å². The number of rotatable bonds is 6. The van der Waals surface area contributed by atoms with E-state index in [0.29, 0.717) is 0 Å². The summed E-state index contributed by atoms with van der Waals surface area (Å²) in [4.78, 5) is 2.70. The highest BCUT2D eigenvalue weighted by Crippen LogP contribution is 2.24. The predicted octanol–water partition coefficient (Wildman–Crippen LogP) is 4.06. The fourth-order valence-electron chi connectivity index (χ4n) is 4.17. The highest BCUT2D eigenvalue weighted by Gasteiger charge is 2.21. The number of nitrogens with zero attached hydrogens (tertiary/aromatic N) is 1. The standard InChI is InChI=1S/C18H36N2/c1-3-7-17-9-6-13-20(14-11-17)15-12-19-18-10-5-4-8-16(18)2/h16-19H,3-15H2,1-2H3. The maximum Gasteiger partial charge on any atom is 0.0107 e. The summed E-state index contributed by atoms with van der Waals surface area (Å²) in [6, 6.07) is 0.795. The molecule has 0 aromatic rings. The molecule has 0 amide bonds. The van der Waals surface area contributed by atoms with Crippen LogP contribution in [0.1, 0.15) is 71.6 Å². The van der Waals surface area contributed by atoms with Crippen LogP contribution in [0.4, 0.5) is 0 Å². The van der Waals surface area contributed by atoms with Crippen molar-refractivity contribution in [1.82, 2.24) is 10.2 Å². The van der Waals surface area contributed by atoms with Crippen LogP contribution < -0.4 is 5.32 Å². The second-order valence-electron chi connectivity index (χ2n) is 7.25. The van der Waals surface area contributed by atoms with E-state index in [-0.39, 0.29) is 0 Å². The van der Waals surface area contributed by atoms with Crippen LogP contribution in [-0.4, -0.2) is 37.1 Å². The normalized spacial score (nSPS) is 33.0. The van der Waals surface area contributed by atoms with E-state index >= 15 is 0 Å². The van der Waals surface area contributed by atoms with Gasteiger partial charge in [0.25, 0.3) is 0 Å². The zero-order valence-electron chi connectivity index (χ0n) is 13.9. The first kappa shape index (κ1) is 16.3. The van der Waals surface area contributed by atoms with Crippen molar-refractivity contribution in [3.05, 3.63) is 0 Å². The minimum atomic E-state index is 0.795. The maximum atomic E-state index is 3.83. The van der Waals surface area contributed by atoms with Gasteiger partial charge in [0.2, 0.25) is 0 Å². The van der Waals surface area contributed by atoms with Crippen LogP contribution in [0.5, 0.6) is 0 Å². The molecule has 0 bridgehead atoms. The molecule has 118 valence electrons. The SMILES string of the molecule is CCCC1CCCN(CCNC2CCCCC2C)CC1. The van der Waals surface area contributed by atoms with Crippen molar-refractivity contribution in [3.8, 4) is 0 Å². The van der Waals surface area contributed by atoms with E-state index in [1.807, 2.05) is 0 Å². The summed E-state index contributed by atoms with van der Waals surface area (Å²) in [5.41, 5.74) is 0. The molecule has 2 rings (SSSR count). The Labute approximate surface area is 126 Å². The quantitative estimate of drug-likeness (QED) is 0.789. The highest BCUT2D eigenvalue weighted by molar-refractivity contribution is 4.79. The molecule has 1 N–H and O–H groups in total. The van der Waals surface area contributed by atoms with Crippen LogP contribution in [0, 0.1) is 11.8 Å². The van der Waals surface area contributed by atoms with Gasteiger partial charge >= 0.3 is 0 Å². The molecule has 0 spiro atoms. The Morgan fingerprint density at radius 2 is 1.85 bits per heavy atom. The number of nitrogens with one attached hydrogen (secondary N) is 1. The van der Waals surface area contributed by atoms with E-state index in [2.05, 4.69) is 24.1 Å². The van der Waals surface area contributed by atoms with Gasteiger partial charge < -0.3 is 10.2 Å². The molecule has 1 aliphatic heterocycles. The highest BCUT2D eigenvalue weighted by atomic mass is 15.1. The molecule has 3 unspecified atom stereocenters. The fourth-order valence-corrected chi connectivity index (χ4v) is 4.17. The summed E-state index contributed by atoms with van der Waals surface area (Å²) >= 11 is 0. The second kappa shape index (κ2) is 9.04. The molecule has 2 fully saturated rings. The lowest BCUT2D eigenvalue weighted by atomic mass is 9.86. The molecule has 2 aliphatic rings. The Hall–Kier alpha value is -0.0800. The van der Waals surface area contributed by atoms with Gasteiger partial charge in [-0.2, -0.15) is 0 Å². The minimum Gasteiger partial charge on any atom is -0.312 e. The van der Waals surface area contributed by atoms with Crippen LogP contribution in [0.25, 0.3) is 0 Å². The largest absolute Gasteiger partial charge is 0.312 e.